The maximum atomic E-state index is 10.6. The molecule has 0 aliphatic heterocycles. The number of benzene rings is 2. The fraction of sp³-hybridized carbons (Fsp3) is 0.333. The Kier molecular flexibility index (Phi) is 6.28. The molecule has 2 rings (SSSR count). The molecule has 0 saturated carbocycles. The Balaban J connectivity index is 2.31. The van der Waals surface area contributed by atoms with Crippen LogP contribution in [0.15, 0.2) is 42.5 Å². The van der Waals surface area contributed by atoms with E-state index in [0.717, 1.165) is 0 Å². The molecule has 130 valence electrons. The van der Waals surface area contributed by atoms with Crippen LogP contribution < -0.4 is 18.9 Å². The summed E-state index contributed by atoms with van der Waals surface area (Å²) in [4.78, 5) is 0. The number of hydrogen-bond acceptors (Lipinski definition) is 6. The highest BCUT2D eigenvalue weighted by Crippen LogP contribution is 2.40. The zero-order valence-corrected chi connectivity index (χ0v) is 13.9. The van der Waals surface area contributed by atoms with E-state index in [2.05, 4.69) is 0 Å². The maximum Gasteiger partial charge on any atom is 0.203 e. The van der Waals surface area contributed by atoms with Crippen LogP contribution in [0.4, 0.5) is 0 Å². The van der Waals surface area contributed by atoms with Crippen LogP contribution >= 0.6 is 0 Å². The minimum Gasteiger partial charge on any atom is -0.493 e. The van der Waals surface area contributed by atoms with Crippen molar-refractivity contribution in [3.8, 4) is 23.0 Å². The summed E-state index contributed by atoms with van der Waals surface area (Å²) >= 11 is 0. The smallest absolute Gasteiger partial charge is 0.203 e. The summed E-state index contributed by atoms with van der Waals surface area (Å²) < 4.78 is 21.5. The topological polar surface area (TPSA) is 77.4 Å². The molecule has 0 saturated heterocycles. The molecule has 0 aliphatic carbocycles. The second-order valence-corrected chi connectivity index (χ2v) is 5.06. The maximum absolute atomic E-state index is 10.6. The van der Waals surface area contributed by atoms with Gasteiger partial charge in [0, 0.05) is 0 Å². The molecule has 2 N–H and O–H groups in total. The van der Waals surface area contributed by atoms with Gasteiger partial charge in [-0.1, -0.05) is 18.2 Å². The molecule has 0 radical (unpaired) electrons. The first-order valence-corrected chi connectivity index (χ1v) is 7.45. The number of rotatable bonds is 8. The van der Waals surface area contributed by atoms with Gasteiger partial charge in [0.25, 0.3) is 0 Å². The van der Waals surface area contributed by atoms with Gasteiger partial charge in [0.1, 0.15) is 11.9 Å². The predicted octanol–water partition coefficient (Wildman–Crippen LogP) is 2.19. The first-order chi connectivity index (χ1) is 11.6. The van der Waals surface area contributed by atoms with Crippen LogP contribution in [0, 0.1) is 0 Å². The summed E-state index contributed by atoms with van der Waals surface area (Å²) in [5.41, 5.74) is 0.486. The molecule has 0 spiro atoms. The average Bonchev–Trinajstić information content (AvgIpc) is 2.64. The van der Waals surface area contributed by atoms with Crippen molar-refractivity contribution in [1.29, 1.82) is 0 Å². The number of methoxy groups -OCH3 is 3. The highest BCUT2D eigenvalue weighted by Gasteiger charge is 2.25. The molecule has 24 heavy (non-hydrogen) atoms. The fourth-order valence-electron chi connectivity index (χ4n) is 2.36. The van der Waals surface area contributed by atoms with E-state index in [1.807, 2.05) is 18.2 Å². The molecule has 2 aromatic rings. The average molecular weight is 334 g/mol. The molecule has 0 fully saturated rings. The minimum absolute atomic E-state index is 0.354. The molecule has 2 aromatic carbocycles. The molecule has 6 nitrogen and oxygen atoms in total. The summed E-state index contributed by atoms with van der Waals surface area (Å²) in [6.45, 7) is -0.354. The third-order valence-corrected chi connectivity index (χ3v) is 3.59. The number of aliphatic hydroxyl groups excluding tert-OH is 2. The van der Waals surface area contributed by atoms with Gasteiger partial charge in [-0.2, -0.15) is 0 Å². The molecule has 0 heterocycles. The quantitative estimate of drug-likeness (QED) is 0.770. The van der Waals surface area contributed by atoms with E-state index in [-0.39, 0.29) is 6.61 Å². The van der Waals surface area contributed by atoms with Crippen LogP contribution in [0.2, 0.25) is 0 Å². The van der Waals surface area contributed by atoms with E-state index in [1.54, 1.807) is 24.3 Å². The third kappa shape index (κ3) is 3.90. The number of hydrogen-bond donors (Lipinski definition) is 2. The summed E-state index contributed by atoms with van der Waals surface area (Å²) in [6.07, 6.45) is -1.92. The molecule has 0 aromatic heterocycles. The monoisotopic (exact) mass is 334 g/mol. The van der Waals surface area contributed by atoms with E-state index in [4.69, 9.17) is 18.9 Å². The molecule has 6 heteroatoms. The Morgan fingerprint density at radius 2 is 1.50 bits per heavy atom. The molecule has 0 amide bonds. The van der Waals surface area contributed by atoms with Gasteiger partial charge >= 0.3 is 0 Å². The summed E-state index contributed by atoms with van der Waals surface area (Å²) in [5.74, 6) is 1.83. The van der Waals surface area contributed by atoms with Gasteiger partial charge in [-0.3, -0.25) is 0 Å². The van der Waals surface area contributed by atoms with E-state index in [9.17, 15) is 10.2 Å². The van der Waals surface area contributed by atoms with Gasteiger partial charge in [-0.15, -0.1) is 0 Å². The van der Waals surface area contributed by atoms with Gasteiger partial charge in [0.05, 0.1) is 27.9 Å². The lowest BCUT2D eigenvalue weighted by Crippen LogP contribution is -2.29. The molecule has 2 atom stereocenters. The summed E-state index contributed by atoms with van der Waals surface area (Å²) in [5, 5.41) is 20.2. The summed E-state index contributed by atoms with van der Waals surface area (Å²) in [7, 11) is 4.50. The Hall–Kier alpha value is -2.44. The van der Waals surface area contributed by atoms with Crippen molar-refractivity contribution in [1.82, 2.24) is 0 Å². The molecule has 2 unspecified atom stereocenters. The van der Waals surface area contributed by atoms with Crippen LogP contribution in [0.1, 0.15) is 11.7 Å². The molecule has 0 aliphatic rings. The van der Waals surface area contributed by atoms with Gasteiger partial charge in [-0.25, -0.2) is 0 Å². The van der Waals surface area contributed by atoms with Gasteiger partial charge in [-0.05, 0) is 29.8 Å². The van der Waals surface area contributed by atoms with Gasteiger partial charge in [0.2, 0.25) is 5.75 Å². The fourth-order valence-corrected chi connectivity index (χ4v) is 2.36. The van der Waals surface area contributed by atoms with Crippen LogP contribution in [0.5, 0.6) is 23.0 Å². The van der Waals surface area contributed by atoms with Crippen molar-refractivity contribution in [2.75, 3.05) is 27.9 Å². The van der Waals surface area contributed by atoms with Gasteiger partial charge < -0.3 is 29.2 Å². The highest BCUT2D eigenvalue weighted by atomic mass is 16.5. The van der Waals surface area contributed by atoms with Crippen molar-refractivity contribution in [2.24, 2.45) is 0 Å². The van der Waals surface area contributed by atoms with Crippen LogP contribution in [0.25, 0.3) is 0 Å². The van der Waals surface area contributed by atoms with Crippen molar-refractivity contribution >= 4 is 0 Å². The van der Waals surface area contributed by atoms with Crippen molar-refractivity contribution < 1.29 is 29.2 Å². The molecular weight excluding hydrogens is 312 g/mol. The van der Waals surface area contributed by atoms with E-state index < -0.39 is 12.2 Å². The Labute approximate surface area is 141 Å². The SMILES string of the molecule is COc1cc(C(O)C(CO)Oc2ccccc2)cc(OC)c1OC. The van der Waals surface area contributed by atoms with Crippen molar-refractivity contribution in [2.45, 2.75) is 12.2 Å². The molecule has 0 bridgehead atoms. The zero-order valence-electron chi connectivity index (χ0n) is 13.9. The minimum atomic E-state index is -1.08. The van der Waals surface area contributed by atoms with Crippen LogP contribution in [-0.2, 0) is 0 Å². The first kappa shape index (κ1) is 17.9. The summed E-state index contributed by atoms with van der Waals surface area (Å²) in [6, 6.07) is 12.3. The van der Waals surface area contributed by atoms with E-state index in [0.29, 0.717) is 28.6 Å². The van der Waals surface area contributed by atoms with Gasteiger partial charge in [0.15, 0.2) is 17.6 Å². The number of aliphatic hydroxyl groups is 2. The number of ether oxygens (including phenoxy) is 4. The lowest BCUT2D eigenvalue weighted by Gasteiger charge is -2.24. The number of para-hydroxylation sites is 1. The third-order valence-electron chi connectivity index (χ3n) is 3.59. The van der Waals surface area contributed by atoms with Crippen molar-refractivity contribution in [3.05, 3.63) is 48.0 Å². The lowest BCUT2D eigenvalue weighted by atomic mass is 10.0. The molecular formula is C18H22O6. The standard InChI is InChI=1S/C18H22O6/c1-21-14-9-12(10-15(22-2)18(14)23-3)17(20)16(11-19)24-13-7-5-4-6-8-13/h4-10,16-17,19-20H,11H2,1-3H3. The Morgan fingerprint density at radius 1 is 0.917 bits per heavy atom. The Bertz CT molecular complexity index is 618. The van der Waals surface area contributed by atoms with E-state index in [1.165, 1.54) is 21.3 Å². The van der Waals surface area contributed by atoms with Crippen molar-refractivity contribution in [3.63, 3.8) is 0 Å². The van der Waals surface area contributed by atoms with E-state index >= 15 is 0 Å². The van der Waals surface area contributed by atoms with Crippen LogP contribution in [0.3, 0.4) is 0 Å². The zero-order chi connectivity index (χ0) is 17.5. The largest absolute Gasteiger partial charge is 0.493 e. The Morgan fingerprint density at radius 3 is 1.96 bits per heavy atom. The second-order valence-electron chi connectivity index (χ2n) is 5.06. The van der Waals surface area contributed by atoms with Crippen LogP contribution in [-0.4, -0.2) is 44.3 Å². The lowest BCUT2D eigenvalue weighted by molar-refractivity contribution is 0.000566. The normalized spacial score (nSPS) is 13.0. The first-order valence-electron chi connectivity index (χ1n) is 7.45. The second kappa shape index (κ2) is 8.42. The highest BCUT2D eigenvalue weighted by molar-refractivity contribution is 5.54. The predicted molar refractivity (Wildman–Crippen MR) is 89.0 cm³/mol.